The van der Waals surface area contributed by atoms with Gasteiger partial charge in [-0.2, -0.15) is 0 Å². The second-order valence-corrected chi connectivity index (χ2v) is 4.72. The van der Waals surface area contributed by atoms with E-state index in [1.807, 2.05) is 55.5 Å². The number of hydrogen-bond donors (Lipinski definition) is 0. The Hall–Kier alpha value is -2.61. The standard InChI is InChI=1S/C18H14O2/c1-13-11-15(12-14-7-5-6-10-17(13)14)18(19)20-16-8-3-2-4-9-16/h2-12H,1H3. The summed E-state index contributed by atoms with van der Waals surface area (Å²) in [6.45, 7) is 2.00. The number of ether oxygens (including phenoxy) is 1. The third-order valence-electron chi connectivity index (χ3n) is 3.26. The fraction of sp³-hybridized carbons (Fsp3) is 0.0556. The Kier molecular flexibility index (Phi) is 3.21. The van der Waals surface area contributed by atoms with Crippen molar-refractivity contribution in [2.45, 2.75) is 6.92 Å². The predicted octanol–water partition coefficient (Wildman–Crippen LogP) is 4.37. The number of hydrogen-bond acceptors (Lipinski definition) is 2. The fourth-order valence-corrected chi connectivity index (χ4v) is 2.27. The molecule has 0 aliphatic carbocycles. The number of aryl methyl sites for hydroxylation is 1. The molecular formula is C18H14O2. The van der Waals surface area contributed by atoms with E-state index in [0.29, 0.717) is 11.3 Å². The molecule has 0 unspecified atom stereocenters. The molecule has 0 saturated heterocycles. The van der Waals surface area contributed by atoms with Crippen molar-refractivity contribution in [3.05, 3.63) is 77.9 Å². The molecule has 0 N–H and O–H groups in total. The lowest BCUT2D eigenvalue weighted by Crippen LogP contribution is -2.08. The Morgan fingerprint density at radius 3 is 2.40 bits per heavy atom. The van der Waals surface area contributed by atoms with Crippen LogP contribution in [0.2, 0.25) is 0 Å². The van der Waals surface area contributed by atoms with Crippen LogP contribution in [0.5, 0.6) is 5.75 Å². The summed E-state index contributed by atoms with van der Waals surface area (Å²) < 4.78 is 5.37. The number of fused-ring (bicyclic) bond motifs is 1. The topological polar surface area (TPSA) is 26.3 Å². The predicted molar refractivity (Wildman–Crippen MR) is 80.1 cm³/mol. The molecule has 20 heavy (non-hydrogen) atoms. The highest BCUT2D eigenvalue weighted by Gasteiger charge is 2.10. The van der Waals surface area contributed by atoms with Crippen LogP contribution in [0.3, 0.4) is 0 Å². The van der Waals surface area contributed by atoms with Gasteiger partial charge in [0.15, 0.2) is 0 Å². The number of para-hydroxylation sites is 1. The van der Waals surface area contributed by atoms with E-state index in [2.05, 4.69) is 6.07 Å². The van der Waals surface area contributed by atoms with E-state index in [4.69, 9.17) is 4.74 Å². The van der Waals surface area contributed by atoms with Gasteiger partial charge >= 0.3 is 5.97 Å². The SMILES string of the molecule is Cc1cc(C(=O)Oc2ccccc2)cc2ccccc12. The zero-order valence-electron chi connectivity index (χ0n) is 11.2. The minimum atomic E-state index is -0.329. The third-order valence-corrected chi connectivity index (χ3v) is 3.26. The lowest BCUT2D eigenvalue weighted by atomic mass is 10.0. The summed E-state index contributed by atoms with van der Waals surface area (Å²) in [7, 11) is 0. The third kappa shape index (κ3) is 2.41. The molecule has 0 aliphatic heterocycles. The lowest BCUT2D eigenvalue weighted by molar-refractivity contribution is 0.0735. The van der Waals surface area contributed by atoms with Gasteiger partial charge in [-0.25, -0.2) is 4.79 Å². The number of rotatable bonds is 2. The molecular weight excluding hydrogens is 248 g/mol. The van der Waals surface area contributed by atoms with Crippen LogP contribution in [0.4, 0.5) is 0 Å². The van der Waals surface area contributed by atoms with Crippen LogP contribution in [0.25, 0.3) is 10.8 Å². The maximum Gasteiger partial charge on any atom is 0.343 e. The Labute approximate surface area is 117 Å². The summed E-state index contributed by atoms with van der Waals surface area (Å²) in [5, 5.41) is 2.20. The largest absolute Gasteiger partial charge is 0.423 e. The normalized spacial score (nSPS) is 10.4. The molecule has 0 amide bonds. The molecule has 3 aromatic rings. The highest BCUT2D eigenvalue weighted by Crippen LogP contribution is 2.21. The van der Waals surface area contributed by atoms with Gasteiger partial charge in [0.1, 0.15) is 5.75 Å². The van der Waals surface area contributed by atoms with Crippen LogP contribution in [0, 0.1) is 6.92 Å². The smallest absolute Gasteiger partial charge is 0.343 e. The fourth-order valence-electron chi connectivity index (χ4n) is 2.27. The quantitative estimate of drug-likeness (QED) is 0.506. The van der Waals surface area contributed by atoms with Gasteiger partial charge < -0.3 is 4.74 Å². The first-order chi connectivity index (χ1) is 9.74. The molecule has 0 spiro atoms. The highest BCUT2D eigenvalue weighted by molar-refractivity contribution is 5.97. The molecule has 0 aliphatic rings. The molecule has 0 aromatic heterocycles. The molecule has 0 heterocycles. The first-order valence-corrected chi connectivity index (χ1v) is 6.51. The second-order valence-electron chi connectivity index (χ2n) is 4.72. The molecule has 2 nitrogen and oxygen atoms in total. The number of esters is 1. The van der Waals surface area contributed by atoms with Crippen LogP contribution in [0.15, 0.2) is 66.7 Å². The summed E-state index contributed by atoms with van der Waals surface area (Å²) in [5.41, 5.74) is 1.65. The number of carbonyl (C=O) groups excluding carboxylic acids is 1. The minimum absolute atomic E-state index is 0.329. The van der Waals surface area contributed by atoms with E-state index in [9.17, 15) is 4.79 Å². The first-order valence-electron chi connectivity index (χ1n) is 6.51. The molecule has 3 aromatic carbocycles. The van der Waals surface area contributed by atoms with Gasteiger partial charge in [0.25, 0.3) is 0 Å². The van der Waals surface area contributed by atoms with Crippen LogP contribution in [-0.4, -0.2) is 5.97 Å². The van der Waals surface area contributed by atoms with E-state index >= 15 is 0 Å². The molecule has 0 fully saturated rings. The average molecular weight is 262 g/mol. The van der Waals surface area contributed by atoms with Gasteiger partial charge in [-0.15, -0.1) is 0 Å². The van der Waals surface area contributed by atoms with Crippen molar-refractivity contribution in [1.29, 1.82) is 0 Å². The number of benzene rings is 3. The Morgan fingerprint density at radius 1 is 0.900 bits per heavy atom. The maximum absolute atomic E-state index is 12.2. The van der Waals surface area contributed by atoms with Gasteiger partial charge in [0, 0.05) is 0 Å². The Balaban J connectivity index is 1.96. The van der Waals surface area contributed by atoms with Gasteiger partial charge in [-0.3, -0.25) is 0 Å². The van der Waals surface area contributed by atoms with Gasteiger partial charge in [-0.05, 0) is 47.5 Å². The molecule has 98 valence electrons. The summed E-state index contributed by atoms with van der Waals surface area (Å²) in [6, 6.07) is 20.9. The van der Waals surface area contributed by atoms with E-state index in [1.54, 1.807) is 12.1 Å². The monoisotopic (exact) mass is 262 g/mol. The summed E-state index contributed by atoms with van der Waals surface area (Å²) >= 11 is 0. The minimum Gasteiger partial charge on any atom is -0.423 e. The lowest BCUT2D eigenvalue weighted by Gasteiger charge is -2.07. The zero-order valence-corrected chi connectivity index (χ0v) is 11.2. The van der Waals surface area contributed by atoms with Crippen molar-refractivity contribution >= 4 is 16.7 Å². The second kappa shape index (κ2) is 5.17. The molecule has 0 atom stereocenters. The molecule has 2 heteroatoms. The Morgan fingerprint density at radius 2 is 1.60 bits per heavy atom. The Bertz CT molecular complexity index is 761. The van der Waals surface area contributed by atoms with E-state index < -0.39 is 0 Å². The van der Waals surface area contributed by atoms with Crippen LogP contribution < -0.4 is 4.74 Å². The van der Waals surface area contributed by atoms with Crippen LogP contribution in [0.1, 0.15) is 15.9 Å². The van der Waals surface area contributed by atoms with Crippen molar-refractivity contribution in [2.75, 3.05) is 0 Å². The van der Waals surface area contributed by atoms with Crippen molar-refractivity contribution in [2.24, 2.45) is 0 Å². The van der Waals surface area contributed by atoms with Crippen LogP contribution >= 0.6 is 0 Å². The van der Waals surface area contributed by atoms with Crippen molar-refractivity contribution in [1.82, 2.24) is 0 Å². The van der Waals surface area contributed by atoms with E-state index in [1.165, 1.54) is 0 Å². The average Bonchev–Trinajstić information content (AvgIpc) is 2.48. The molecule has 0 bridgehead atoms. The summed E-state index contributed by atoms with van der Waals surface area (Å²) in [6.07, 6.45) is 0. The summed E-state index contributed by atoms with van der Waals surface area (Å²) in [5.74, 6) is 0.230. The van der Waals surface area contributed by atoms with Crippen LogP contribution in [-0.2, 0) is 0 Å². The maximum atomic E-state index is 12.2. The first kappa shape index (κ1) is 12.4. The molecule has 3 rings (SSSR count). The van der Waals surface area contributed by atoms with Gasteiger partial charge in [-0.1, -0.05) is 42.5 Å². The van der Waals surface area contributed by atoms with Crippen molar-refractivity contribution in [3.8, 4) is 5.75 Å². The zero-order chi connectivity index (χ0) is 13.9. The number of carbonyl (C=O) groups is 1. The van der Waals surface area contributed by atoms with E-state index in [0.717, 1.165) is 16.3 Å². The highest BCUT2D eigenvalue weighted by atomic mass is 16.5. The van der Waals surface area contributed by atoms with Gasteiger partial charge in [0.2, 0.25) is 0 Å². The van der Waals surface area contributed by atoms with Gasteiger partial charge in [0.05, 0.1) is 5.56 Å². The summed E-state index contributed by atoms with van der Waals surface area (Å²) in [4.78, 5) is 12.2. The van der Waals surface area contributed by atoms with E-state index in [-0.39, 0.29) is 5.97 Å². The van der Waals surface area contributed by atoms with Crippen molar-refractivity contribution in [3.63, 3.8) is 0 Å². The molecule has 0 saturated carbocycles. The van der Waals surface area contributed by atoms with Crippen molar-refractivity contribution < 1.29 is 9.53 Å². The molecule has 0 radical (unpaired) electrons.